The monoisotopic (exact) mass is 250 g/mol. The van der Waals surface area contributed by atoms with Crippen LogP contribution in [0.1, 0.15) is 0 Å². The molecule has 0 aromatic rings. The van der Waals surface area contributed by atoms with E-state index < -0.39 is 14.2 Å². The molecule has 0 saturated heterocycles. The van der Waals surface area contributed by atoms with E-state index in [1.54, 1.807) is 0 Å². The fraction of sp³-hybridized carbons (Fsp3) is 1.00. The molecule has 8 heteroatoms. The molecule has 0 spiro atoms. The minimum atomic E-state index is -11.1. The second-order valence-corrected chi connectivity index (χ2v) is 6.20. The Balaban J connectivity index is 0. The Kier molecular flexibility index (Phi) is 3.17. The van der Waals surface area contributed by atoms with E-state index in [0.29, 0.717) is 0 Å². The zero-order valence-corrected chi connectivity index (χ0v) is 8.00. The van der Waals surface area contributed by atoms with Gasteiger partial charge in [0.25, 0.3) is 0 Å². The molecule has 0 rings (SSSR count). The van der Waals surface area contributed by atoms with E-state index in [9.17, 15) is 20.8 Å². The summed E-state index contributed by atoms with van der Waals surface area (Å²) in [6, 6.07) is 0. The normalized spacial score (nSPS) is 18.0. The molecule has 0 heterocycles. The quantitative estimate of drug-likeness (QED) is 0.353. The SMILES string of the molecule is C[O+](C)C.F[As-](F)(F)(F)(F)F. The number of rotatable bonds is 0. The first kappa shape index (κ1) is 13.7. The van der Waals surface area contributed by atoms with Gasteiger partial charge in [-0.25, -0.2) is 0 Å². The molecule has 0 amide bonds. The Morgan fingerprint density at radius 1 is 0.727 bits per heavy atom. The van der Waals surface area contributed by atoms with E-state index in [4.69, 9.17) is 0 Å². The van der Waals surface area contributed by atoms with Crippen molar-refractivity contribution in [1.82, 2.24) is 0 Å². The Morgan fingerprint density at radius 2 is 0.727 bits per heavy atom. The van der Waals surface area contributed by atoms with Crippen molar-refractivity contribution in [2.45, 2.75) is 0 Å². The molecule has 0 N–H and O–H groups in total. The van der Waals surface area contributed by atoms with Gasteiger partial charge in [-0.3, -0.25) is 0 Å². The van der Waals surface area contributed by atoms with Gasteiger partial charge in [-0.05, 0) is 0 Å². The Morgan fingerprint density at radius 3 is 0.727 bits per heavy atom. The molecule has 0 aromatic carbocycles. The van der Waals surface area contributed by atoms with E-state index in [0.717, 1.165) is 0 Å². The third-order valence-corrected chi connectivity index (χ3v) is 0. The summed E-state index contributed by atoms with van der Waals surface area (Å²) in [4.78, 5) is 0. The maximum atomic E-state index is 9.91. The molecule has 0 aliphatic carbocycles. The molecule has 1 nitrogen and oxygen atoms in total. The van der Waals surface area contributed by atoms with E-state index in [-0.39, 0.29) is 0 Å². The van der Waals surface area contributed by atoms with E-state index in [1.165, 1.54) is 0 Å². The summed E-state index contributed by atoms with van der Waals surface area (Å²) in [5, 5.41) is 0. The van der Waals surface area contributed by atoms with Crippen molar-refractivity contribution in [3.05, 3.63) is 0 Å². The van der Waals surface area contributed by atoms with E-state index >= 15 is 0 Å². The van der Waals surface area contributed by atoms with Crippen LogP contribution in [0.3, 0.4) is 0 Å². The van der Waals surface area contributed by atoms with E-state index in [2.05, 4.69) is 4.37 Å². The van der Waals surface area contributed by atoms with E-state index in [1.807, 2.05) is 21.3 Å². The molecule has 0 atom stereocenters. The van der Waals surface area contributed by atoms with Gasteiger partial charge in [0.1, 0.15) is 21.3 Å². The molecule has 0 fully saturated rings. The van der Waals surface area contributed by atoms with Gasteiger partial charge in [0.15, 0.2) is 0 Å². The van der Waals surface area contributed by atoms with Crippen LogP contribution >= 0.6 is 0 Å². The second kappa shape index (κ2) is 2.55. The van der Waals surface area contributed by atoms with Crippen LogP contribution in [0.4, 0.5) is 20.8 Å². The Bertz CT molecular complexity index is 105. The van der Waals surface area contributed by atoms with Crippen molar-refractivity contribution in [2.24, 2.45) is 0 Å². The van der Waals surface area contributed by atoms with Crippen molar-refractivity contribution in [1.29, 1.82) is 0 Å². The van der Waals surface area contributed by atoms with Gasteiger partial charge in [-0.2, -0.15) is 0 Å². The number of hydrogen-bond donors (Lipinski definition) is 0. The van der Waals surface area contributed by atoms with Crippen molar-refractivity contribution in [3.8, 4) is 0 Å². The molecule has 74 valence electrons. The van der Waals surface area contributed by atoms with Gasteiger partial charge in [-0.15, -0.1) is 0 Å². The van der Waals surface area contributed by atoms with Crippen LogP contribution in [0.5, 0.6) is 0 Å². The third-order valence-electron chi connectivity index (χ3n) is 0. The zero-order valence-electron chi connectivity index (χ0n) is 6.12. The zero-order chi connectivity index (χ0) is 9.99. The van der Waals surface area contributed by atoms with Crippen molar-refractivity contribution in [2.75, 3.05) is 21.3 Å². The average Bonchev–Trinajstić information content (AvgIpc) is 1.11. The molecular weight excluding hydrogens is 241 g/mol. The van der Waals surface area contributed by atoms with Crippen LogP contribution in [0.25, 0.3) is 0 Å². The molecule has 0 radical (unpaired) electrons. The summed E-state index contributed by atoms with van der Waals surface area (Å²) in [5.74, 6) is 0. The fourth-order valence-electron chi connectivity index (χ4n) is 0. The van der Waals surface area contributed by atoms with Crippen molar-refractivity contribution >= 4 is 14.2 Å². The van der Waals surface area contributed by atoms with Crippen LogP contribution in [0.2, 0.25) is 0 Å². The topological polar surface area (TPSA) is 2.70 Å². The fourth-order valence-corrected chi connectivity index (χ4v) is 0. The summed E-state index contributed by atoms with van der Waals surface area (Å²) in [6.07, 6.45) is 0. The van der Waals surface area contributed by atoms with Gasteiger partial charge in [0, 0.05) is 0 Å². The predicted molar refractivity (Wildman–Crippen MR) is 31.3 cm³/mol. The summed E-state index contributed by atoms with van der Waals surface area (Å²) in [6.45, 7) is 0. The molecule has 0 aliphatic rings. The van der Waals surface area contributed by atoms with Gasteiger partial charge in [0.05, 0.1) is 0 Å². The predicted octanol–water partition coefficient (Wildman–Crippen LogP) is 2.57. The van der Waals surface area contributed by atoms with Crippen molar-refractivity contribution < 1.29 is 25.2 Å². The standard InChI is InChI=1S/C3H9O.AsF6/c1-4(2)3;2-1(3,4,5,6)7/h1-3H3;/q+1;-1. The Labute approximate surface area is 61.5 Å². The maximum absolute atomic E-state index is 11.1. The first-order chi connectivity index (χ1) is 4.18. The van der Waals surface area contributed by atoms with Crippen LogP contribution in [-0.4, -0.2) is 35.5 Å². The molecule has 0 unspecified atom stereocenters. The van der Waals surface area contributed by atoms with Gasteiger partial charge in [-0.1, -0.05) is 0 Å². The van der Waals surface area contributed by atoms with Gasteiger partial charge >= 0.3 is 35.0 Å². The molecule has 0 aliphatic heterocycles. The first-order valence-electron chi connectivity index (χ1n) is 2.24. The summed E-state index contributed by atoms with van der Waals surface area (Å²) in [5.41, 5.74) is 0. The number of halogens is 6. The van der Waals surface area contributed by atoms with Gasteiger partial charge in [0.2, 0.25) is 0 Å². The molecule has 0 aromatic heterocycles. The number of hydrogen-bond acceptors (Lipinski definition) is 0. The summed E-state index contributed by atoms with van der Waals surface area (Å²) >= 11 is -11.1. The molecular formula is C3H9AsF6O. The second-order valence-electron chi connectivity index (χ2n) is 2.18. The van der Waals surface area contributed by atoms with Gasteiger partial charge < -0.3 is 4.37 Å². The third kappa shape index (κ3) is 68300. The Hall–Kier alpha value is 0.0984. The molecule has 0 saturated carbocycles. The molecule has 11 heavy (non-hydrogen) atoms. The van der Waals surface area contributed by atoms with Crippen LogP contribution in [-0.2, 0) is 4.37 Å². The summed E-state index contributed by atoms with van der Waals surface area (Å²) in [7, 11) is 5.75. The van der Waals surface area contributed by atoms with Crippen molar-refractivity contribution in [3.63, 3.8) is 0 Å². The van der Waals surface area contributed by atoms with Crippen LogP contribution in [0, 0.1) is 0 Å². The minimum absolute atomic E-state index is 1.92. The first-order valence-corrected chi connectivity index (χ1v) is 6.49. The average molecular weight is 250 g/mol. The summed E-state index contributed by atoms with van der Waals surface area (Å²) < 4.78 is 62.0. The van der Waals surface area contributed by atoms with Crippen LogP contribution in [0.15, 0.2) is 0 Å². The molecule has 0 bridgehead atoms. The van der Waals surface area contributed by atoms with Crippen LogP contribution < -0.4 is 0 Å².